The Hall–Kier alpha value is -2.92. The molecule has 122 valence electrons. The standard InChI is InChI=1S/C19H20N4O/c1-14-7-5-6-10-16(14)22-19-20-12-11-18(23-19)21-13-17(24)15-8-3-2-4-9-15/h2-12,17,24H,13H2,1H3,(H2,20,21,22,23). The molecule has 3 N–H and O–H groups in total. The van der Waals surface area contributed by atoms with Crippen LogP contribution < -0.4 is 10.6 Å². The van der Waals surface area contributed by atoms with Crippen LogP contribution in [0.3, 0.4) is 0 Å². The molecule has 1 heterocycles. The Morgan fingerprint density at radius 1 is 1.00 bits per heavy atom. The number of aromatic nitrogens is 2. The van der Waals surface area contributed by atoms with Crippen molar-refractivity contribution in [2.45, 2.75) is 13.0 Å². The Balaban J connectivity index is 1.64. The molecule has 0 bridgehead atoms. The second-order valence-corrected chi connectivity index (χ2v) is 5.51. The minimum atomic E-state index is -0.589. The summed E-state index contributed by atoms with van der Waals surface area (Å²) in [4.78, 5) is 8.67. The van der Waals surface area contributed by atoms with Crippen molar-refractivity contribution in [3.05, 3.63) is 78.0 Å². The minimum absolute atomic E-state index is 0.380. The molecule has 0 saturated carbocycles. The molecular formula is C19H20N4O. The van der Waals surface area contributed by atoms with Gasteiger partial charge in [0.05, 0.1) is 6.10 Å². The van der Waals surface area contributed by atoms with E-state index >= 15 is 0 Å². The van der Waals surface area contributed by atoms with Crippen LogP contribution in [0.25, 0.3) is 0 Å². The van der Waals surface area contributed by atoms with Gasteiger partial charge in [-0.15, -0.1) is 0 Å². The van der Waals surface area contributed by atoms with Crippen molar-refractivity contribution in [3.8, 4) is 0 Å². The third kappa shape index (κ3) is 4.08. The average molecular weight is 320 g/mol. The monoisotopic (exact) mass is 320 g/mol. The minimum Gasteiger partial charge on any atom is -0.387 e. The van der Waals surface area contributed by atoms with E-state index in [0.717, 1.165) is 16.8 Å². The largest absolute Gasteiger partial charge is 0.387 e. The molecule has 3 rings (SSSR count). The average Bonchev–Trinajstić information content (AvgIpc) is 2.63. The number of nitrogens with one attached hydrogen (secondary N) is 2. The van der Waals surface area contributed by atoms with Crippen LogP contribution in [0.5, 0.6) is 0 Å². The number of aryl methyl sites for hydroxylation is 1. The SMILES string of the molecule is Cc1ccccc1Nc1nccc(NCC(O)c2ccccc2)n1. The van der Waals surface area contributed by atoms with Gasteiger partial charge in [-0.25, -0.2) is 4.98 Å². The molecule has 1 unspecified atom stereocenters. The van der Waals surface area contributed by atoms with E-state index in [1.807, 2.05) is 61.5 Å². The number of aliphatic hydroxyl groups excluding tert-OH is 1. The van der Waals surface area contributed by atoms with Gasteiger partial charge in [0, 0.05) is 18.4 Å². The molecule has 1 atom stereocenters. The summed E-state index contributed by atoms with van der Waals surface area (Å²) in [6.45, 7) is 2.41. The highest BCUT2D eigenvalue weighted by Crippen LogP contribution is 2.18. The predicted molar refractivity (Wildman–Crippen MR) is 96.4 cm³/mol. The van der Waals surface area contributed by atoms with Gasteiger partial charge in [-0.3, -0.25) is 0 Å². The van der Waals surface area contributed by atoms with E-state index in [2.05, 4.69) is 20.6 Å². The van der Waals surface area contributed by atoms with Gasteiger partial charge in [0.25, 0.3) is 0 Å². The van der Waals surface area contributed by atoms with E-state index in [9.17, 15) is 5.11 Å². The Labute approximate surface area is 141 Å². The molecule has 1 aromatic heterocycles. The van der Waals surface area contributed by atoms with E-state index in [-0.39, 0.29) is 0 Å². The first-order chi connectivity index (χ1) is 11.7. The molecule has 0 spiro atoms. The van der Waals surface area contributed by atoms with Crippen molar-refractivity contribution in [1.29, 1.82) is 0 Å². The molecule has 0 aliphatic heterocycles. The van der Waals surface area contributed by atoms with Crippen molar-refractivity contribution in [1.82, 2.24) is 9.97 Å². The molecule has 5 heteroatoms. The summed E-state index contributed by atoms with van der Waals surface area (Å²) >= 11 is 0. The molecule has 0 fully saturated rings. The van der Waals surface area contributed by atoms with Gasteiger partial charge in [0.1, 0.15) is 5.82 Å². The van der Waals surface area contributed by atoms with Gasteiger partial charge in [-0.05, 0) is 30.2 Å². The Kier molecular flexibility index (Phi) is 5.03. The van der Waals surface area contributed by atoms with Crippen molar-refractivity contribution in [2.75, 3.05) is 17.2 Å². The zero-order valence-corrected chi connectivity index (χ0v) is 13.5. The third-order valence-electron chi connectivity index (χ3n) is 3.71. The smallest absolute Gasteiger partial charge is 0.229 e. The Morgan fingerprint density at radius 2 is 1.75 bits per heavy atom. The van der Waals surface area contributed by atoms with Crippen LogP contribution >= 0.6 is 0 Å². The zero-order valence-electron chi connectivity index (χ0n) is 13.5. The lowest BCUT2D eigenvalue weighted by molar-refractivity contribution is 0.191. The third-order valence-corrected chi connectivity index (χ3v) is 3.71. The Bertz CT molecular complexity index is 792. The van der Waals surface area contributed by atoms with Crippen LogP contribution in [0, 0.1) is 6.92 Å². The molecule has 0 aliphatic carbocycles. The first-order valence-electron chi connectivity index (χ1n) is 7.85. The van der Waals surface area contributed by atoms with Crippen molar-refractivity contribution < 1.29 is 5.11 Å². The molecule has 0 radical (unpaired) electrons. The quantitative estimate of drug-likeness (QED) is 0.646. The number of nitrogens with zero attached hydrogens (tertiary/aromatic N) is 2. The summed E-state index contributed by atoms with van der Waals surface area (Å²) < 4.78 is 0. The molecule has 5 nitrogen and oxygen atoms in total. The fourth-order valence-electron chi connectivity index (χ4n) is 2.35. The fourth-order valence-corrected chi connectivity index (χ4v) is 2.35. The summed E-state index contributed by atoms with van der Waals surface area (Å²) in [6.07, 6.45) is 1.10. The maximum Gasteiger partial charge on any atom is 0.229 e. The van der Waals surface area contributed by atoms with Gasteiger partial charge in [0.2, 0.25) is 5.95 Å². The van der Waals surface area contributed by atoms with Crippen molar-refractivity contribution in [2.24, 2.45) is 0 Å². The van der Waals surface area contributed by atoms with Crippen LogP contribution in [0.1, 0.15) is 17.2 Å². The molecule has 0 aliphatic rings. The second-order valence-electron chi connectivity index (χ2n) is 5.51. The summed E-state index contributed by atoms with van der Waals surface area (Å²) in [7, 11) is 0. The van der Waals surface area contributed by atoms with Gasteiger partial charge in [0.15, 0.2) is 0 Å². The number of para-hydroxylation sites is 1. The van der Waals surface area contributed by atoms with E-state index in [0.29, 0.717) is 18.3 Å². The number of hydrogen-bond donors (Lipinski definition) is 3. The summed E-state index contributed by atoms with van der Waals surface area (Å²) in [5.74, 6) is 1.18. The van der Waals surface area contributed by atoms with Gasteiger partial charge in [-0.1, -0.05) is 48.5 Å². The van der Waals surface area contributed by atoms with Crippen LogP contribution in [0.15, 0.2) is 66.9 Å². The highest BCUT2D eigenvalue weighted by molar-refractivity contribution is 5.58. The molecule has 2 aromatic carbocycles. The number of rotatable bonds is 6. The first kappa shape index (κ1) is 16.0. The highest BCUT2D eigenvalue weighted by atomic mass is 16.3. The van der Waals surface area contributed by atoms with Crippen LogP contribution in [0.2, 0.25) is 0 Å². The summed E-state index contributed by atoms with van der Waals surface area (Å²) in [6, 6.07) is 19.3. The number of anilines is 3. The van der Waals surface area contributed by atoms with E-state index in [1.165, 1.54) is 0 Å². The van der Waals surface area contributed by atoms with Crippen LogP contribution in [-0.4, -0.2) is 21.6 Å². The summed E-state index contributed by atoms with van der Waals surface area (Å²) in [5, 5.41) is 16.6. The lowest BCUT2D eigenvalue weighted by Gasteiger charge is -2.13. The predicted octanol–water partition coefficient (Wildman–Crippen LogP) is 3.67. The lowest BCUT2D eigenvalue weighted by atomic mass is 10.1. The second kappa shape index (κ2) is 7.57. The van der Waals surface area contributed by atoms with Crippen LogP contribution in [-0.2, 0) is 0 Å². The first-order valence-corrected chi connectivity index (χ1v) is 7.85. The maximum atomic E-state index is 10.2. The van der Waals surface area contributed by atoms with E-state index in [1.54, 1.807) is 12.3 Å². The summed E-state index contributed by atoms with van der Waals surface area (Å²) in [5.41, 5.74) is 2.97. The molecular weight excluding hydrogens is 300 g/mol. The van der Waals surface area contributed by atoms with Crippen molar-refractivity contribution in [3.63, 3.8) is 0 Å². The molecule has 3 aromatic rings. The highest BCUT2D eigenvalue weighted by Gasteiger charge is 2.07. The van der Waals surface area contributed by atoms with Gasteiger partial charge >= 0.3 is 0 Å². The van der Waals surface area contributed by atoms with E-state index < -0.39 is 6.10 Å². The number of hydrogen-bond acceptors (Lipinski definition) is 5. The fraction of sp³-hybridized carbons (Fsp3) is 0.158. The number of benzene rings is 2. The molecule has 24 heavy (non-hydrogen) atoms. The molecule has 0 saturated heterocycles. The van der Waals surface area contributed by atoms with E-state index in [4.69, 9.17) is 0 Å². The normalized spacial score (nSPS) is 11.8. The van der Waals surface area contributed by atoms with Crippen LogP contribution in [0.4, 0.5) is 17.5 Å². The number of aliphatic hydroxyl groups is 1. The zero-order chi connectivity index (χ0) is 16.8. The van der Waals surface area contributed by atoms with Crippen molar-refractivity contribution >= 4 is 17.5 Å². The topological polar surface area (TPSA) is 70.1 Å². The van der Waals surface area contributed by atoms with Gasteiger partial charge in [-0.2, -0.15) is 4.98 Å². The molecule has 0 amide bonds. The Morgan fingerprint density at radius 3 is 2.54 bits per heavy atom. The van der Waals surface area contributed by atoms with Gasteiger partial charge < -0.3 is 15.7 Å². The maximum absolute atomic E-state index is 10.2. The lowest BCUT2D eigenvalue weighted by Crippen LogP contribution is -2.13.